The molecule has 0 unspecified atom stereocenters. The summed E-state index contributed by atoms with van der Waals surface area (Å²) in [5.74, 6) is 0. The second-order valence-corrected chi connectivity index (χ2v) is 7.43. The molecule has 0 aromatic rings. The normalized spacial score (nSPS) is 12.1. The van der Waals surface area contributed by atoms with Crippen LogP contribution in [0.3, 0.4) is 0 Å². The molecule has 0 aliphatic heterocycles. The van der Waals surface area contributed by atoms with Gasteiger partial charge in [0.15, 0.2) is 0 Å². The number of hydrogen-bond acceptors (Lipinski definition) is 8. The first-order valence-electron chi connectivity index (χ1n) is 4.41. The van der Waals surface area contributed by atoms with Gasteiger partial charge in [0.2, 0.25) is 0 Å². The first-order chi connectivity index (χ1) is 7.21. The smallest absolute Gasteiger partial charge is 0.619 e. The topological polar surface area (TPSA) is 86.7 Å². The average Bonchev–Trinajstić information content (AvgIpc) is 2.06. The van der Waals surface area contributed by atoms with E-state index in [2.05, 4.69) is 31.7 Å². The van der Waals surface area contributed by atoms with E-state index in [1.54, 1.807) is 0 Å². The quantitative estimate of drug-likeness (QED) is 0.248. The molecule has 0 bridgehead atoms. The van der Waals surface area contributed by atoms with E-state index < -0.39 is 18.3 Å². The molecule has 11 heteroatoms. The summed E-state index contributed by atoms with van der Waals surface area (Å²) in [5.41, 5.74) is 0. The molecule has 0 spiro atoms. The standard InChI is InChI=1S/C6H14O6S4.Mg/c7-15(8,13)11-5-3-1-2-4-6-12-16(9,10)14;/h1-6H2,(H,7,8,13)(H,9,10,14);/q;+2/p-2. The molecule has 0 amide bonds. The first kappa shape index (κ1) is 20.6. The van der Waals surface area contributed by atoms with Crippen LogP contribution in [-0.2, 0) is 50.0 Å². The Balaban J connectivity index is 0. The third-order valence-corrected chi connectivity index (χ3v) is 2.98. The molecule has 0 aromatic heterocycles. The van der Waals surface area contributed by atoms with E-state index in [1.165, 1.54) is 0 Å². The van der Waals surface area contributed by atoms with Gasteiger partial charge in [0.05, 0.1) is 13.2 Å². The van der Waals surface area contributed by atoms with Crippen molar-refractivity contribution >= 4 is 64.7 Å². The van der Waals surface area contributed by atoms with E-state index in [0.29, 0.717) is 25.7 Å². The van der Waals surface area contributed by atoms with E-state index in [9.17, 15) is 16.8 Å². The van der Waals surface area contributed by atoms with Crippen molar-refractivity contribution in [3.05, 3.63) is 0 Å². The van der Waals surface area contributed by atoms with Crippen molar-refractivity contribution in [1.82, 2.24) is 0 Å². The zero-order chi connectivity index (χ0) is 12.7. The van der Waals surface area contributed by atoms with E-state index in [0.717, 1.165) is 0 Å². The van der Waals surface area contributed by atoms with Gasteiger partial charge in [0.1, 0.15) is 18.3 Å². The van der Waals surface area contributed by atoms with E-state index >= 15 is 0 Å². The van der Waals surface area contributed by atoms with Crippen molar-refractivity contribution in [2.45, 2.75) is 25.7 Å². The van der Waals surface area contributed by atoms with Crippen molar-refractivity contribution in [3.63, 3.8) is 0 Å². The van der Waals surface area contributed by atoms with Crippen LogP contribution in [0.2, 0.25) is 0 Å². The van der Waals surface area contributed by atoms with Crippen molar-refractivity contribution in [2.24, 2.45) is 0 Å². The minimum atomic E-state index is -3.78. The Hall–Kier alpha value is 1.29. The molecule has 0 heterocycles. The van der Waals surface area contributed by atoms with Gasteiger partial charge in [-0.3, -0.25) is 8.37 Å². The van der Waals surface area contributed by atoms with Gasteiger partial charge in [-0.2, -0.15) is 0 Å². The third kappa shape index (κ3) is 19.8. The minimum Gasteiger partial charge on any atom is -0.619 e. The fourth-order valence-corrected chi connectivity index (χ4v) is 1.93. The van der Waals surface area contributed by atoms with Gasteiger partial charge < -0.3 is 23.3 Å². The van der Waals surface area contributed by atoms with Crippen molar-refractivity contribution in [3.8, 4) is 0 Å². The molecular weight excluding hydrogens is 321 g/mol. The van der Waals surface area contributed by atoms with Crippen LogP contribution in [0.5, 0.6) is 0 Å². The molecule has 0 saturated heterocycles. The summed E-state index contributed by atoms with van der Waals surface area (Å²) in [5, 5.41) is 0. The molecular formula is C6H12MgO6S4. The second kappa shape index (κ2) is 10.1. The number of hydrogen-bond donors (Lipinski definition) is 0. The SMILES string of the molecule is O=S(=O)([S-])OCCCCCCOS(=O)(=O)[S-].[Mg+2]. The molecule has 0 atom stereocenters. The van der Waals surface area contributed by atoms with Gasteiger partial charge in [-0.25, -0.2) is 16.8 Å². The van der Waals surface area contributed by atoms with Crippen molar-refractivity contribution in [1.29, 1.82) is 0 Å². The van der Waals surface area contributed by atoms with Crippen LogP contribution in [0.1, 0.15) is 25.7 Å². The fourth-order valence-electron chi connectivity index (χ4n) is 0.880. The van der Waals surface area contributed by atoms with E-state index in [1.807, 2.05) is 0 Å². The van der Waals surface area contributed by atoms with Crippen LogP contribution in [-0.4, -0.2) is 53.1 Å². The molecule has 0 rings (SSSR count). The van der Waals surface area contributed by atoms with Gasteiger partial charge in [-0.1, -0.05) is 12.8 Å². The van der Waals surface area contributed by atoms with Gasteiger partial charge in [0, 0.05) is 0 Å². The van der Waals surface area contributed by atoms with Gasteiger partial charge in [0.25, 0.3) is 0 Å². The Kier molecular flexibility index (Phi) is 12.3. The van der Waals surface area contributed by atoms with Gasteiger partial charge >= 0.3 is 23.1 Å². The molecule has 6 nitrogen and oxygen atoms in total. The maximum absolute atomic E-state index is 10.4. The van der Waals surface area contributed by atoms with Crippen LogP contribution in [0.4, 0.5) is 0 Å². The third-order valence-electron chi connectivity index (χ3n) is 1.49. The second-order valence-electron chi connectivity index (χ2n) is 2.87. The van der Waals surface area contributed by atoms with Gasteiger partial charge in [-0.05, 0) is 12.8 Å². The van der Waals surface area contributed by atoms with Crippen LogP contribution in [0.25, 0.3) is 0 Å². The monoisotopic (exact) mass is 332 g/mol. The van der Waals surface area contributed by atoms with E-state index in [4.69, 9.17) is 0 Å². The first-order valence-corrected chi connectivity index (χ1v) is 9.08. The van der Waals surface area contributed by atoms with Crippen LogP contribution in [0, 0.1) is 0 Å². The average molecular weight is 333 g/mol. The molecule has 0 radical (unpaired) electrons. The predicted octanol–water partition coefficient (Wildman–Crippen LogP) is -0.217. The molecule has 98 valence electrons. The number of rotatable bonds is 9. The molecule has 0 aliphatic carbocycles. The summed E-state index contributed by atoms with van der Waals surface area (Å²) in [4.78, 5) is 0. The van der Waals surface area contributed by atoms with E-state index in [-0.39, 0.29) is 36.3 Å². The van der Waals surface area contributed by atoms with Crippen molar-refractivity contribution < 1.29 is 25.2 Å². The predicted molar refractivity (Wildman–Crippen MR) is 68.7 cm³/mol. The minimum absolute atomic E-state index is 0. The molecule has 0 aromatic carbocycles. The molecule has 0 fully saturated rings. The Labute approximate surface area is 128 Å². The zero-order valence-electron chi connectivity index (χ0n) is 9.03. The van der Waals surface area contributed by atoms with Crippen LogP contribution < -0.4 is 0 Å². The summed E-state index contributed by atoms with van der Waals surface area (Å²) in [6.07, 6.45) is 2.48. The van der Waals surface area contributed by atoms with Crippen LogP contribution in [0.15, 0.2) is 0 Å². The Bertz CT molecular complexity index is 339. The summed E-state index contributed by atoms with van der Waals surface area (Å²) in [6, 6.07) is 0. The Morgan fingerprint density at radius 2 is 1.00 bits per heavy atom. The molecule has 17 heavy (non-hydrogen) atoms. The maximum Gasteiger partial charge on any atom is 2.00 e. The Morgan fingerprint density at radius 1 is 0.706 bits per heavy atom. The van der Waals surface area contributed by atoms with Crippen LogP contribution >= 0.6 is 0 Å². The zero-order valence-corrected chi connectivity index (χ0v) is 13.7. The summed E-state index contributed by atoms with van der Waals surface area (Å²) in [6.45, 7) is 0.0953. The largest absolute Gasteiger partial charge is 2.00 e. The number of unbranched alkanes of at least 4 members (excludes halogenated alkanes) is 3. The van der Waals surface area contributed by atoms with Crippen molar-refractivity contribution in [2.75, 3.05) is 13.2 Å². The summed E-state index contributed by atoms with van der Waals surface area (Å²) < 4.78 is 50.2. The fraction of sp³-hybridized carbons (Fsp3) is 1.00. The molecule has 0 aliphatic rings. The van der Waals surface area contributed by atoms with Gasteiger partial charge in [-0.15, -0.1) is 0 Å². The molecule has 0 saturated carbocycles. The maximum atomic E-state index is 10.4. The summed E-state index contributed by atoms with van der Waals surface area (Å²) in [7, 11) is -7.55. The molecule has 0 N–H and O–H groups in total. The Morgan fingerprint density at radius 3 is 1.24 bits per heavy atom. The summed E-state index contributed by atoms with van der Waals surface area (Å²) >= 11 is 7.99.